The second kappa shape index (κ2) is 9.83. The van der Waals surface area contributed by atoms with Gasteiger partial charge in [0.1, 0.15) is 0 Å². The maximum Gasteiger partial charge on any atom is 0.227 e. The van der Waals surface area contributed by atoms with Crippen molar-refractivity contribution in [2.24, 2.45) is 0 Å². The van der Waals surface area contributed by atoms with Crippen LogP contribution in [0.5, 0.6) is 0 Å². The van der Waals surface area contributed by atoms with Crippen molar-refractivity contribution in [3.05, 3.63) is 114 Å². The van der Waals surface area contributed by atoms with Crippen LogP contribution in [-0.4, -0.2) is 33.4 Å². The summed E-state index contributed by atoms with van der Waals surface area (Å²) in [6, 6.07) is 26.4. The van der Waals surface area contributed by atoms with E-state index in [4.69, 9.17) is 5.73 Å². The lowest BCUT2D eigenvalue weighted by Crippen LogP contribution is -2.46. The van der Waals surface area contributed by atoms with Gasteiger partial charge in [0.25, 0.3) is 0 Å². The van der Waals surface area contributed by atoms with Crippen LogP contribution in [0.4, 0.5) is 11.4 Å². The quantitative estimate of drug-likeness (QED) is 0.431. The van der Waals surface area contributed by atoms with Crippen molar-refractivity contribution in [1.29, 1.82) is 0 Å². The average Bonchev–Trinajstić information content (AvgIpc) is 3.31. The molecule has 0 spiro atoms. The van der Waals surface area contributed by atoms with E-state index in [-0.39, 0.29) is 11.9 Å². The van der Waals surface area contributed by atoms with Crippen LogP contribution in [0.1, 0.15) is 22.4 Å². The molecule has 0 saturated carbocycles. The number of carbonyl (C=O) groups is 1. The monoisotopic (exact) mass is 451 g/mol. The van der Waals surface area contributed by atoms with Crippen LogP contribution in [0.2, 0.25) is 0 Å². The van der Waals surface area contributed by atoms with Crippen molar-refractivity contribution in [2.75, 3.05) is 17.2 Å². The number of anilines is 2. The molecule has 1 aromatic heterocycles. The van der Waals surface area contributed by atoms with E-state index < -0.39 is 0 Å². The van der Waals surface area contributed by atoms with Crippen molar-refractivity contribution in [3.63, 3.8) is 0 Å². The fraction of sp³-hybridized carbons (Fsp3) is 0.214. The van der Waals surface area contributed by atoms with Crippen LogP contribution >= 0.6 is 0 Å². The summed E-state index contributed by atoms with van der Waals surface area (Å²) >= 11 is 0. The van der Waals surface area contributed by atoms with E-state index in [2.05, 4.69) is 45.2 Å². The van der Waals surface area contributed by atoms with E-state index in [0.717, 1.165) is 28.9 Å². The third-order valence-electron chi connectivity index (χ3n) is 6.41. The molecule has 172 valence electrons. The Labute approximate surface area is 200 Å². The Morgan fingerprint density at radius 3 is 2.44 bits per heavy atom. The highest BCUT2D eigenvalue weighted by atomic mass is 16.2. The van der Waals surface area contributed by atoms with Gasteiger partial charge < -0.3 is 20.5 Å². The molecule has 1 atom stereocenters. The third kappa shape index (κ3) is 4.96. The molecule has 4 aromatic rings. The van der Waals surface area contributed by atoms with Crippen LogP contribution < -0.4 is 10.6 Å². The highest BCUT2D eigenvalue weighted by molar-refractivity contribution is 5.80. The molecule has 0 aliphatic carbocycles. The number of nitrogen functional groups attached to an aromatic ring is 1. The number of H-pyrrole nitrogens is 1. The van der Waals surface area contributed by atoms with Crippen LogP contribution in [0, 0.1) is 0 Å². The normalized spacial score (nSPS) is 15.6. The molecule has 0 bridgehead atoms. The van der Waals surface area contributed by atoms with Gasteiger partial charge in [-0.2, -0.15) is 0 Å². The molecule has 34 heavy (non-hydrogen) atoms. The van der Waals surface area contributed by atoms with Gasteiger partial charge >= 0.3 is 0 Å². The van der Waals surface area contributed by atoms with Gasteiger partial charge in [-0.15, -0.1) is 0 Å². The Morgan fingerprint density at radius 1 is 1.00 bits per heavy atom. The first-order valence-electron chi connectivity index (χ1n) is 11.6. The number of hydrogen-bond donors (Lipinski definition) is 2. The highest BCUT2D eigenvalue weighted by Crippen LogP contribution is 2.31. The number of hydrogen-bond acceptors (Lipinski definition) is 4. The van der Waals surface area contributed by atoms with E-state index in [1.807, 2.05) is 59.6 Å². The number of benzene rings is 3. The number of imidazole rings is 1. The molecule has 0 saturated heterocycles. The average molecular weight is 452 g/mol. The number of nitrogens with two attached hydrogens (primary N) is 1. The second-order valence-corrected chi connectivity index (χ2v) is 8.87. The maximum atomic E-state index is 13.7. The number of nitrogens with one attached hydrogen (secondary N) is 1. The van der Waals surface area contributed by atoms with Crippen molar-refractivity contribution in [3.8, 4) is 0 Å². The van der Waals surface area contributed by atoms with Crippen LogP contribution in [0.15, 0.2) is 91.4 Å². The zero-order chi connectivity index (χ0) is 23.3. The summed E-state index contributed by atoms with van der Waals surface area (Å²) in [7, 11) is 0. The predicted molar refractivity (Wildman–Crippen MR) is 135 cm³/mol. The van der Waals surface area contributed by atoms with E-state index in [1.54, 1.807) is 6.33 Å². The van der Waals surface area contributed by atoms with E-state index in [1.165, 1.54) is 5.56 Å². The molecule has 3 N–H and O–H groups in total. The first-order valence-corrected chi connectivity index (χ1v) is 11.6. The first kappa shape index (κ1) is 21.8. The molecule has 1 amide bonds. The summed E-state index contributed by atoms with van der Waals surface area (Å²) in [5, 5.41) is 0. The topological polar surface area (TPSA) is 78.2 Å². The summed E-state index contributed by atoms with van der Waals surface area (Å²) in [6.07, 6.45) is 4.72. The summed E-state index contributed by atoms with van der Waals surface area (Å²) in [6.45, 7) is 1.93. The molecule has 6 heteroatoms. The lowest BCUT2D eigenvalue weighted by atomic mass is 10.0. The van der Waals surface area contributed by atoms with Gasteiger partial charge in [0.15, 0.2) is 0 Å². The van der Waals surface area contributed by atoms with Gasteiger partial charge in [0.05, 0.1) is 31.0 Å². The van der Waals surface area contributed by atoms with Crippen LogP contribution in [0.25, 0.3) is 0 Å². The minimum Gasteiger partial charge on any atom is -0.399 e. The fourth-order valence-corrected chi connectivity index (χ4v) is 4.76. The Morgan fingerprint density at radius 2 is 1.74 bits per heavy atom. The lowest BCUT2D eigenvalue weighted by Gasteiger charge is -2.33. The smallest absolute Gasteiger partial charge is 0.227 e. The molecular formula is C28H29N5O. The number of nitrogens with zero attached hydrogens (tertiary/aromatic N) is 3. The largest absolute Gasteiger partial charge is 0.399 e. The zero-order valence-electron chi connectivity index (χ0n) is 19.1. The molecule has 3 aromatic carbocycles. The summed E-state index contributed by atoms with van der Waals surface area (Å²) in [5.74, 6) is 0.129. The van der Waals surface area contributed by atoms with Gasteiger partial charge in [0, 0.05) is 30.7 Å². The third-order valence-corrected chi connectivity index (χ3v) is 6.41. The van der Waals surface area contributed by atoms with Crippen LogP contribution in [0.3, 0.4) is 0 Å². The van der Waals surface area contributed by atoms with Crippen LogP contribution in [-0.2, 0) is 30.7 Å². The lowest BCUT2D eigenvalue weighted by molar-refractivity contribution is -0.133. The second-order valence-electron chi connectivity index (χ2n) is 8.87. The van der Waals surface area contributed by atoms with Crippen molar-refractivity contribution in [1.82, 2.24) is 14.9 Å². The fourth-order valence-electron chi connectivity index (χ4n) is 4.76. The van der Waals surface area contributed by atoms with E-state index >= 15 is 0 Å². The van der Waals surface area contributed by atoms with Gasteiger partial charge in [0.2, 0.25) is 5.91 Å². The number of aromatic amines is 1. The van der Waals surface area contributed by atoms with E-state index in [0.29, 0.717) is 31.7 Å². The standard InChI is InChI=1S/C28H29N5O/c29-24-11-12-27-23(15-24)17-33(28(34)14-22-9-5-2-6-10-22)26(13-21-7-3-1-4-8-21)19-32(27)18-25-16-30-20-31-25/h1-12,15-16,20,26H,13-14,17-19,29H2,(H,30,31)/t26-/m1/s1. The van der Waals surface area contributed by atoms with Crippen molar-refractivity contribution in [2.45, 2.75) is 32.0 Å². The molecular weight excluding hydrogens is 422 g/mol. The Bertz CT molecular complexity index is 1220. The van der Waals surface area contributed by atoms with Gasteiger partial charge in [-0.1, -0.05) is 60.7 Å². The number of carbonyl (C=O) groups excluding carboxylic acids is 1. The number of fused-ring (bicyclic) bond motifs is 1. The van der Waals surface area contributed by atoms with Gasteiger partial charge in [-0.05, 0) is 41.3 Å². The molecule has 0 radical (unpaired) electrons. The maximum absolute atomic E-state index is 13.7. The first-order chi connectivity index (χ1) is 16.7. The molecule has 6 nitrogen and oxygen atoms in total. The van der Waals surface area contributed by atoms with E-state index in [9.17, 15) is 4.79 Å². The summed E-state index contributed by atoms with van der Waals surface area (Å²) in [5.41, 5.74) is 12.3. The molecule has 5 rings (SSSR count). The number of aromatic nitrogens is 2. The molecule has 0 unspecified atom stereocenters. The Hall–Kier alpha value is -4.06. The minimum absolute atomic E-state index is 0.00941. The summed E-state index contributed by atoms with van der Waals surface area (Å²) in [4.78, 5) is 25.5. The van der Waals surface area contributed by atoms with Gasteiger partial charge in [-0.3, -0.25) is 4.79 Å². The SMILES string of the molecule is Nc1ccc2c(c1)CN(C(=O)Cc1ccccc1)[C@H](Cc1ccccc1)CN2Cc1cnc[nH]1. The Kier molecular flexibility index (Phi) is 6.29. The predicted octanol–water partition coefficient (Wildman–Crippen LogP) is 4.19. The number of amides is 1. The van der Waals surface area contributed by atoms with Crippen molar-refractivity contribution >= 4 is 17.3 Å². The zero-order valence-corrected chi connectivity index (χ0v) is 19.1. The highest BCUT2D eigenvalue weighted by Gasteiger charge is 2.31. The van der Waals surface area contributed by atoms with Gasteiger partial charge in [-0.25, -0.2) is 4.98 Å². The summed E-state index contributed by atoms with van der Waals surface area (Å²) < 4.78 is 0. The molecule has 1 aliphatic rings. The molecule has 1 aliphatic heterocycles. The van der Waals surface area contributed by atoms with Crippen molar-refractivity contribution < 1.29 is 4.79 Å². The minimum atomic E-state index is 0.00941. The number of rotatable bonds is 6. The Balaban J connectivity index is 1.51. The molecule has 0 fully saturated rings. The molecule has 2 heterocycles.